The van der Waals surface area contributed by atoms with E-state index in [1.807, 2.05) is 0 Å². The highest BCUT2D eigenvalue weighted by atomic mass is 35.5. The molecule has 0 aliphatic heterocycles. The summed E-state index contributed by atoms with van der Waals surface area (Å²) in [4.78, 5) is 41.3. The molecule has 0 saturated carbocycles. The van der Waals surface area contributed by atoms with Gasteiger partial charge in [0.05, 0.1) is 26.9 Å². The number of carbonyl (C=O) groups is 3. The van der Waals surface area contributed by atoms with Crippen molar-refractivity contribution in [2.45, 2.75) is 25.7 Å². The Morgan fingerprint density at radius 2 is 1.25 bits per heavy atom. The van der Waals surface area contributed by atoms with E-state index in [0.29, 0.717) is 52.1 Å². The van der Waals surface area contributed by atoms with E-state index in [0.717, 1.165) is 0 Å². The van der Waals surface area contributed by atoms with Gasteiger partial charge < -0.3 is 29.1 Å². The minimum absolute atomic E-state index is 0.0544. The number of amides is 2. The van der Waals surface area contributed by atoms with Gasteiger partial charge in [-0.05, 0) is 79.6 Å². The summed E-state index contributed by atoms with van der Waals surface area (Å²) in [6.07, 6.45) is 0.732. The van der Waals surface area contributed by atoms with E-state index in [1.165, 1.54) is 7.11 Å². The lowest BCUT2D eigenvalue weighted by molar-refractivity contribution is -0.137. The number of benzene rings is 3. The first-order valence-corrected chi connectivity index (χ1v) is 13.1. The Kier molecular flexibility index (Phi) is 11.2. The molecule has 10 heteroatoms. The number of carbonyl (C=O) groups excluding carboxylic acids is 2. The van der Waals surface area contributed by atoms with Gasteiger partial charge in [0.2, 0.25) is 5.91 Å². The van der Waals surface area contributed by atoms with Gasteiger partial charge in [-0.1, -0.05) is 11.6 Å². The quantitative estimate of drug-likeness (QED) is 0.266. The average Bonchev–Trinajstić information content (AvgIpc) is 2.97. The number of rotatable bonds is 14. The van der Waals surface area contributed by atoms with Crippen molar-refractivity contribution in [2.24, 2.45) is 0 Å². The molecule has 40 heavy (non-hydrogen) atoms. The zero-order valence-corrected chi connectivity index (χ0v) is 23.5. The zero-order chi connectivity index (χ0) is 29.1. The van der Waals surface area contributed by atoms with Crippen LogP contribution in [-0.4, -0.2) is 57.3 Å². The summed E-state index contributed by atoms with van der Waals surface area (Å²) in [7, 11) is 4.60. The molecule has 3 aromatic carbocycles. The molecule has 9 nitrogen and oxygen atoms in total. The molecule has 0 spiro atoms. The largest absolute Gasteiger partial charge is 0.497 e. The number of halogens is 1. The topological polar surface area (TPSA) is 106 Å². The highest BCUT2D eigenvalue weighted by Crippen LogP contribution is 2.28. The molecule has 3 aromatic rings. The fourth-order valence-electron chi connectivity index (χ4n) is 4.17. The Morgan fingerprint density at radius 3 is 1.77 bits per heavy atom. The van der Waals surface area contributed by atoms with Crippen molar-refractivity contribution < 1.29 is 33.7 Å². The predicted molar refractivity (Wildman–Crippen MR) is 154 cm³/mol. The van der Waals surface area contributed by atoms with Crippen LogP contribution in [-0.2, 0) is 9.59 Å². The second kappa shape index (κ2) is 14.8. The molecule has 0 aromatic heterocycles. The molecule has 0 fully saturated rings. The average molecular weight is 569 g/mol. The van der Waals surface area contributed by atoms with Gasteiger partial charge in [0.1, 0.15) is 17.2 Å². The third-order valence-electron chi connectivity index (χ3n) is 6.25. The number of carboxylic acids is 1. The number of nitrogens with zero attached hydrogens (tertiary/aromatic N) is 2. The van der Waals surface area contributed by atoms with Crippen LogP contribution in [0.15, 0.2) is 66.7 Å². The van der Waals surface area contributed by atoms with E-state index in [1.54, 1.807) is 90.7 Å². The Balaban J connectivity index is 1.81. The predicted octanol–water partition coefficient (Wildman–Crippen LogP) is 5.69. The molecule has 3 rings (SSSR count). The molecule has 212 valence electrons. The van der Waals surface area contributed by atoms with E-state index in [-0.39, 0.29) is 37.7 Å². The Labute approximate surface area is 238 Å². The van der Waals surface area contributed by atoms with Gasteiger partial charge in [-0.25, -0.2) is 0 Å². The molecule has 0 radical (unpaired) electrons. The number of hydrogen-bond acceptors (Lipinski definition) is 6. The maximum absolute atomic E-state index is 13.7. The van der Waals surface area contributed by atoms with Gasteiger partial charge in [-0.2, -0.15) is 0 Å². The van der Waals surface area contributed by atoms with Gasteiger partial charge in [0, 0.05) is 42.3 Å². The van der Waals surface area contributed by atoms with Crippen LogP contribution in [0, 0.1) is 0 Å². The van der Waals surface area contributed by atoms with Crippen molar-refractivity contribution >= 4 is 40.8 Å². The molecule has 0 aliphatic rings. The number of carboxylic acid groups (broad SMARTS) is 1. The number of hydrogen-bond donors (Lipinski definition) is 1. The molecule has 0 unspecified atom stereocenters. The normalized spacial score (nSPS) is 10.5. The summed E-state index contributed by atoms with van der Waals surface area (Å²) < 4.78 is 15.9. The summed E-state index contributed by atoms with van der Waals surface area (Å²) in [5.74, 6) is 0.235. The number of methoxy groups -OCH3 is 3. The van der Waals surface area contributed by atoms with Crippen molar-refractivity contribution in [3.05, 3.63) is 77.3 Å². The van der Waals surface area contributed by atoms with Crippen LogP contribution in [0.3, 0.4) is 0 Å². The van der Waals surface area contributed by atoms with Crippen molar-refractivity contribution in [2.75, 3.05) is 44.2 Å². The highest BCUT2D eigenvalue weighted by Gasteiger charge is 2.23. The van der Waals surface area contributed by atoms with Gasteiger partial charge in [-0.3, -0.25) is 14.4 Å². The second-order valence-electron chi connectivity index (χ2n) is 8.84. The fourth-order valence-corrected chi connectivity index (χ4v) is 4.35. The maximum atomic E-state index is 13.7. The monoisotopic (exact) mass is 568 g/mol. The van der Waals surface area contributed by atoms with Gasteiger partial charge in [0.15, 0.2) is 0 Å². The van der Waals surface area contributed by atoms with Crippen LogP contribution in [0.2, 0.25) is 5.02 Å². The summed E-state index contributed by atoms with van der Waals surface area (Å²) in [6, 6.07) is 18.9. The first-order chi connectivity index (χ1) is 19.3. The fraction of sp³-hybridized carbons (Fsp3) is 0.300. The van der Waals surface area contributed by atoms with Crippen LogP contribution in [0.1, 0.15) is 36.0 Å². The van der Waals surface area contributed by atoms with Gasteiger partial charge in [-0.15, -0.1) is 0 Å². The Hall–Kier alpha value is -4.24. The molecule has 2 amide bonds. The number of ether oxygens (including phenoxy) is 3. The summed E-state index contributed by atoms with van der Waals surface area (Å²) in [6.45, 7) is 0.483. The molecular weight excluding hydrogens is 536 g/mol. The third kappa shape index (κ3) is 8.13. The summed E-state index contributed by atoms with van der Waals surface area (Å²) in [5, 5.41) is 9.46. The smallest absolute Gasteiger partial charge is 0.303 e. The first-order valence-electron chi connectivity index (χ1n) is 12.7. The third-order valence-corrected chi connectivity index (χ3v) is 6.49. The number of aliphatic carboxylic acids is 1. The van der Waals surface area contributed by atoms with E-state index in [4.69, 9.17) is 30.9 Å². The second-order valence-corrected chi connectivity index (χ2v) is 9.28. The molecule has 0 saturated heterocycles. The Morgan fingerprint density at radius 1 is 0.725 bits per heavy atom. The first kappa shape index (κ1) is 30.3. The van der Waals surface area contributed by atoms with Gasteiger partial charge >= 0.3 is 5.97 Å². The van der Waals surface area contributed by atoms with Gasteiger partial charge in [0.25, 0.3) is 5.91 Å². The van der Waals surface area contributed by atoms with Crippen LogP contribution >= 0.6 is 11.6 Å². The van der Waals surface area contributed by atoms with Crippen LogP contribution in [0.5, 0.6) is 17.2 Å². The van der Waals surface area contributed by atoms with Crippen molar-refractivity contribution in [1.29, 1.82) is 0 Å². The van der Waals surface area contributed by atoms with Crippen LogP contribution < -0.4 is 24.0 Å². The number of anilines is 2. The molecule has 0 atom stereocenters. The van der Waals surface area contributed by atoms with E-state index >= 15 is 0 Å². The standard InChI is InChI=1S/C30H33ClN2O7/c1-38-24-13-9-22(10-14-24)32(18-5-7-29(35)36)28(34)6-4-19-33(23-11-15-25(39-2)16-12-23)30(37)26-20-21(31)8-17-27(26)40-3/h8-17,20H,4-7,18-19H2,1-3H3,(H,35,36). The van der Waals surface area contributed by atoms with Crippen LogP contribution in [0.4, 0.5) is 11.4 Å². The lowest BCUT2D eigenvalue weighted by Crippen LogP contribution is -2.35. The molecule has 0 heterocycles. The SMILES string of the molecule is COc1ccc(N(CCCC(=O)O)C(=O)CCCN(C(=O)c2cc(Cl)ccc2OC)c2ccc(OC)cc2)cc1. The molecular formula is C30H33ClN2O7. The molecule has 1 N–H and O–H groups in total. The molecule has 0 aliphatic carbocycles. The lowest BCUT2D eigenvalue weighted by Gasteiger charge is -2.26. The van der Waals surface area contributed by atoms with Crippen molar-refractivity contribution in [3.8, 4) is 17.2 Å². The Bertz CT molecular complexity index is 1300. The maximum Gasteiger partial charge on any atom is 0.303 e. The summed E-state index contributed by atoms with van der Waals surface area (Å²) >= 11 is 6.19. The highest BCUT2D eigenvalue weighted by molar-refractivity contribution is 6.31. The van der Waals surface area contributed by atoms with E-state index < -0.39 is 5.97 Å². The molecule has 0 bridgehead atoms. The van der Waals surface area contributed by atoms with Crippen molar-refractivity contribution in [1.82, 2.24) is 0 Å². The van der Waals surface area contributed by atoms with E-state index in [9.17, 15) is 14.4 Å². The van der Waals surface area contributed by atoms with Crippen molar-refractivity contribution in [3.63, 3.8) is 0 Å². The summed E-state index contributed by atoms with van der Waals surface area (Å²) in [5.41, 5.74) is 1.56. The van der Waals surface area contributed by atoms with E-state index in [2.05, 4.69) is 0 Å². The van der Waals surface area contributed by atoms with Crippen LogP contribution in [0.25, 0.3) is 0 Å². The lowest BCUT2D eigenvalue weighted by atomic mass is 10.1. The minimum Gasteiger partial charge on any atom is -0.497 e. The zero-order valence-electron chi connectivity index (χ0n) is 22.8. The minimum atomic E-state index is -0.924.